The van der Waals surface area contributed by atoms with E-state index in [1.807, 2.05) is 0 Å². The number of methoxy groups -OCH3 is 2. The molecule has 2 unspecified atom stereocenters. The summed E-state index contributed by atoms with van der Waals surface area (Å²) in [5.41, 5.74) is 10.9. The van der Waals surface area contributed by atoms with Crippen LogP contribution in [0, 0.1) is 6.92 Å². The predicted molar refractivity (Wildman–Crippen MR) is 147 cm³/mol. The first-order chi connectivity index (χ1) is 16.4. The highest BCUT2D eigenvalue weighted by Gasteiger charge is 2.26. The van der Waals surface area contributed by atoms with E-state index in [1.54, 1.807) is 14.2 Å². The van der Waals surface area contributed by atoms with Gasteiger partial charge in [0.1, 0.15) is 0 Å². The van der Waals surface area contributed by atoms with Gasteiger partial charge in [0.05, 0.1) is 14.2 Å². The molecule has 182 valence electrons. The van der Waals surface area contributed by atoms with Crippen molar-refractivity contribution in [2.24, 2.45) is 0 Å². The lowest BCUT2D eigenvalue weighted by Crippen LogP contribution is -2.09. The topological polar surface area (TPSA) is 18.5 Å². The Morgan fingerprint density at radius 2 is 1.38 bits per heavy atom. The summed E-state index contributed by atoms with van der Waals surface area (Å²) in [5, 5.41) is 0. The van der Waals surface area contributed by atoms with Crippen LogP contribution in [0.3, 0.4) is 0 Å². The molecular formula is C32H42O2. The number of rotatable bonds is 10. The molecule has 2 heteroatoms. The predicted octanol–water partition coefficient (Wildman–Crippen LogP) is 9.33. The Bertz CT molecular complexity index is 1100. The van der Waals surface area contributed by atoms with Gasteiger partial charge in [-0.2, -0.15) is 0 Å². The Hall–Kier alpha value is -2.74. The third-order valence-electron chi connectivity index (χ3n) is 7.40. The van der Waals surface area contributed by atoms with Crippen molar-refractivity contribution in [3.63, 3.8) is 0 Å². The van der Waals surface area contributed by atoms with Crippen LogP contribution in [-0.4, -0.2) is 14.2 Å². The van der Waals surface area contributed by atoms with E-state index in [1.165, 1.54) is 38.9 Å². The van der Waals surface area contributed by atoms with Crippen LogP contribution >= 0.6 is 0 Å². The maximum absolute atomic E-state index is 5.82. The molecule has 0 fully saturated rings. The summed E-state index contributed by atoms with van der Waals surface area (Å²) in [4.78, 5) is 0. The standard InChI is InChI=1S/C32H42O2/c1-9-15-26-30(24-16-13-12-14-17-24)27(21(4)10-2)20-28(22(5)11-3)31(26)25-18-19-29(33-7)32(34-8)23(25)6/h12-14,16-22H,9-11,15H2,1-8H3. The largest absolute Gasteiger partial charge is 0.493 e. The van der Waals surface area contributed by atoms with Gasteiger partial charge in [0.2, 0.25) is 0 Å². The fraction of sp³-hybridized carbons (Fsp3) is 0.438. The molecule has 0 aliphatic carbocycles. The molecule has 3 aromatic rings. The fourth-order valence-corrected chi connectivity index (χ4v) is 5.12. The molecule has 34 heavy (non-hydrogen) atoms. The van der Waals surface area contributed by atoms with Gasteiger partial charge in [-0.05, 0) is 83.0 Å². The minimum Gasteiger partial charge on any atom is -0.493 e. The third-order valence-corrected chi connectivity index (χ3v) is 7.40. The van der Waals surface area contributed by atoms with Crippen LogP contribution < -0.4 is 9.47 Å². The van der Waals surface area contributed by atoms with E-state index in [0.717, 1.165) is 42.7 Å². The van der Waals surface area contributed by atoms with Crippen LogP contribution in [-0.2, 0) is 6.42 Å². The van der Waals surface area contributed by atoms with Gasteiger partial charge in [0.15, 0.2) is 11.5 Å². The smallest absolute Gasteiger partial charge is 0.164 e. The van der Waals surface area contributed by atoms with Gasteiger partial charge >= 0.3 is 0 Å². The zero-order valence-electron chi connectivity index (χ0n) is 22.4. The number of ether oxygens (including phenoxy) is 2. The van der Waals surface area contributed by atoms with E-state index in [0.29, 0.717) is 11.8 Å². The summed E-state index contributed by atoms with van der Waals surface area (Å²) in [5.74, 6) is 2.56. The zero-order chi connectivity index (χ0) is 24.8. The lowest BCUT2D eigenvalue weighted by molar-refractivity contribution is 0.353. The highest BCUT2D eigenvalue weighted by molar-refractivity contribution is 5.86. The molecule has 0 aliphatic rings. The first-order valence-electron chi connectivity index (χ1n) is 12.9. The first kappa shape index (κ1) is 25.9. The second-order valence-corrected chi connectivity index (χ2v) is 9.49. The molecule has 0 N–H and O–H groups in total. The molecule has 0 saturated carbocycles. The van der Waals surface area contributed by atoms with E-state index < -0.39 is 0 Å². The molecule has 2 atom stereocenters. The molecule has 0 aromatic heterocycles. The van der Waals surface area contributed by atoms with E-state index in [2.05, 4.69) is 90.1 Å². The van der Waals surface area contributed by atoms with Crippen LogP contribution in [0.4, 0.5) is 0 Å². The van der Waals surface area contributed by atoms with Crippen LogP contribution in [0.5, 0.6) is 11.5 Å². The van der Waals surface area contributed by atoms with Gasteiger partial charge in [-0.3, -0.25) is 0 Å². The van der Waals surface area contributed by atoms with Gasteiger partial charge in [0, 0.05) is 5.56 Å². The molecule has 0 spiro atoms. The Kier molecular flexibility index (Phi) is 8.83. The van der Waals surface area contributed by atoms with Crippen LogP contribution in [0.2, 0.25) is 0 Å². The van der Waals surface area contributed by atoms with Crippen molar-refractivity contribution in [2.45, 2.75) is 79.1 Å². The SMILES string of the molecule is CCCc1c(-c2ccccc2)c(C(C)CC)cc(C(C)CC)c1-c1ccc(OC)c(OC)c1C. The zero-order valence-corrected chi connectivity index (χ0v) is 22.4. The lowest BCUT2D eigenvalue weighted by atomic mass is 9.76. The number of hydrogen-bond donors (Lipinski definition) is 0. The van der Waals surface area contributed by atoms with Gasteiger partial charge in [-0.1, -0.05) is 83.5 Å². The average molecular weight is 459 g/mol. The summed E-state index contributed by atoms with van der Waals surface area (Å²) >= 11 is 0. The molecular weight excluding hydrogens is 416 g/mol. The van der Waals surface area contributed by atoms with E-state index >= 15 is 0 Å². The van der Waals surface area contributed by atoms with E-state index in [-0.39, 0.29) is 0 Å². The van der Waals surface area contributed by atoms with Crippen LogP contribution in [0.15, 0.2) is 48.5 Å². The van der Waals surface area contributed by atoms with Crippen LogP contribution in [0.25, 0.3) is 22.3 Å². The van der Waals surface area contributed by atoms with Crippen molar-refractivity contribution in [2.75, 3.05) is 14.2 Å². The van der Waals surface area contributed by atoms with Crippen LogP contribution in [0.1, 0.15) is 88.0 Å². The van der Waals surface area contributed by atoms with Crippen molar-refractivity contribution in [3.05, 3.63) is 70.8 Å². The van der Waals surface area contributed by atoms with Gasteiger partial charge in [-0.15, -0.1) is 0 Å². The summed E-state index contributed by atoms with van der Waals surface area (Å²) in [6.07, 6.45) is 4.37. The fourth-order valence-electron chi connectivity index (χ4n) is 5.12. The monoisotopic (exact) mass is 458 g/mol. The summed E-state index contributed by atoms with van der Waals surface area (Å²) in [7, 11) is 3.44. The Balaban J connectivity index is 2.53. The normalized spacial score (nSPS) is 12.9. The molecule has 0 amide bonds. The lowest BCUT2D eigenvalue weighted by Gasteiger charge is -2.29. The second kappa shape index (κ2) is 11.6. The molecule has 0 bridgehead atoms. The molecule has 3 aromatic carbocycles. The molecule has 0 radical (unpaired) electrons. The third kappa shape index (κ3) is 4.87. The summed E-state index contributed by atoms with van der Waals surface area (Å²) in [6, 6.07) is 17.8. The van der Waals surface area contributed by atoms with Crippen molar-refractivity contribution in [1.29, 1.82) is 0 Å². The Morgan fingerprint density at radius 3 is 1.91 bits per heavy atom. The highest BCUT2D eigenvalue weighted by atomic mass is 16.5. The highest BCUT2D eigenvalue weighted by Crippen LogP contribution is 2.47. The second-order valence-electron chi connectivity index (χ2n) is 9.49. The Morgan fingerprint density at radius 1 is 0.765 bits per heavy atom. The maximum Gasteiger partial charge on any atom is 0.164 e. The van der Waals surface area contributed by atoms with Gasteiger partial charge in [-0.25, -0.2) is 0 Å². The van der Waals surface area contributed by atoms with Crippen molar-refractivity contribution < 1.29 is 9.47 Å². The summed E-state index contributed by atoms with van der Waals surface area (Å²) in [6.45, 7) is 13.8. The maximum atomic E-state index is 5.82. The van der Waals surface area contributed by atoms with Crippen molar-refractivity contribution >= 4 is 0 Å². The van der Waals surface area contributed by atoms with Crippen molar-refractivity contribution in [1.82, 2.24) is 0 Å². The molecule has 0 saturated heterocycles. The van der Waals surface area contributed by atoms with Gasteiger partial charge < -0.3 is 9.47 Å². The molecule has 0 heterocycles. The number of benzene rings is 3. The van der Waals surface area contributed by atoms with E-state index in [4.69, 9.17) is 9.47 Å². The van der Waals surface area contributed by atoms with Gasteiger partial charge in [0.25, 0.3) is 0 Å². The molecule has 2 nitrogen and oxygen atoms in total. The van der Waals surface area contributed by atoms with E-state index in [9.17, 15) is 0 Å². The Labute approximate surface area is 207 Å². The number of hydrogen-bond acceptors (Lipinski definition) is 2. The van der Waals surface area contributed by atoms with Crippen molar-refractivity contribution in [3.8, 4) is 33.8 Å². The minimum absolute atomic E-state index is 0.464. The first-order valence-corrected chi connectivity index (χ1v) is 12.9. The molecule has 0 aliphatic heterocycles. The molecule has 3 rings (SSSR count). The quantitative estimate of drug-likeness (QED) is 0.301. The minimum atomic E-state index is 0.464. The summed E-state index contributed by atoms with van der Waals surface area (Å²) < 4.78 is 11.4. The average Bonchev–Trinajstić information content (AvgIpc) is 2.87.